The van der Waals surface area contributed by atoms with Crippen LogP contribution in [-0.4, -0.2) is 35.7 Å². The van der Waals surface area contributed by atoms with E-state index in [1.54, 1.807) is 12.1 Å². The molecule has 0 saturated carbocycles. The normalized spacial score (nSPS) is 11.1. The molecule has 0 aromatic carbocycles. The number of carbonyl (C=O) groups is 1. The number of rotatable bonds is 6. The highest BCUT2D eigenvalue weighted by molar-refractivity contribution is 5.92. The van der Waals surface area contributed by atoms with E-state index in [0.717, 1.165) is 0 Å². The first-order valence-electron chi connectivity index (χ1n) is 6.04. The number of hydrogen-bond donors (Lipinski definition) is 3. The van der Waals surface area contributed by atoms with Gasteiger partial charge in [-0.05, 0) is 31.0 Å². The van der Waals surface area contributed by atoms with Gasteiger partial charge in [-0.3, -0.25) is 4.79 Å². The average Bonchev–Trinajstić information content (AvgIpc) is 2.37. The van der Waals surface area contributed by atoms with E-state index in [0.29, 0.717) is 31.1 Å². The molecule has 1 heterocycles. The van der Waals surface area contributed by atoms with E-state index in [4.69, 9.17) is 5.73 Å². The Morgan fingerprint density at radius 2 is 2.11 bits per heavy atom. The van der Waals surface area contributed by atoms with Crippen LogP contribution in [0.15, 0.2) is 12.1 Å². The summed E-state index contributed by atoms with van der Waals surface area (Å²) in [5.74, 6) is 0.434. The average molecular weight is 251 g/mol. The third-order valence-corrected chi connectivity index (χ3v) is 2.54. The predicted molar refractivity (Wildman–Crippen MR) is 71.4 cm³/mol. The van der Waals surface area contributed by atoms with Crippen molar-refractivity contribution in [2.24, 2.45) is 11.1 Å². The Bertz CT molecular complexity index is 388. The van der Waals surface area contributed by atoms with Crippen LogP contribution in [0.1, 0.15) is 31.3 Å². The number of aromatic nitrogens is 2. The molecule has 1 amide bonds. The second-order valence-electron chi connectivity index (χ2n) is 4.89. The van der Waals surface area contributed by atoms with Crippen LogP contribution in [0.3, 0.4) is 0 Å². The van der Waals surface area contributed by atoms with Gasteiger partial charge in [0.1, 0.15) is 5.82 Å². The largest absolute Gasteiger partial charge is 0.368 e. The first-order chi connectivity index (χ1) is 8.48. The van der Waals surface area contributed by atoms with Crippen molar-refractivity contribution < 1.29 is 4.79 Å². The molecule has 0 aliphatic rings. The van der Waals surface area contributed by atoms with E-state index in [1.807, 2.05) is 6.92 Å². The molecule has 100 valence electrons. The third-order valence-electron chi connectivity index (χ3n) is 2.54. The summed E-state index contributed by atoms with van der Waals surface area (Å²) in [5, 5.41) is 13.6. The quantitative estimate of drug-likeness (QED) is 0.689. The Morgan fingerprint density at radius 1 is 1.39 bits per heavy atom. The zero-order chi connectivity index (χ0) is 13.6. The van der Waals surface area contributed by atoms with Crippen molar-refractivity contribution >= 4 is 11.7 Å². The van der Waals surface area contributed by atoms with E-state index in [-0.39, 0.29) is 11.3 Å². The minimum atomic E-state index is -0.209. The highest BCUT2D eigenvalue weighted by Gasteiger charge is 2.15. The summed E-state index contributed by atoms with van der Waals surface area (Å²) >= 11 is 0. The summed E-state index contributed by atoms with van der Waals surface area (Å²) in [6.07, 6.45) is 0. The van der Waals surface area contributed by atoms with Gasteiger partial charge in [0.05, 0.1) is 0 Å². The molecule has 0 radical (unpaired) electrons. The first kappa shape index (κ1) is 14.4. The van der Waals surface area contributed by atoms with E-state index >= 15 is 0 Å². The lowest BCUT2D eigenvalue weighted by Crippen LogP contribution is -2.31. The third kappa shape index (κ3) is 4.29. The van der Waals surface area contributed by atoms with Gasteiger partial charge in [0, 0.05) is 13.1 Å². The molecule has 0 saturated heterocycles. The molecule has 0 bridgehead atoms. The number of anilines is 1. The maximum atomic E-state index is 11.5. The second kappa shape index (κ2) is 6.30. The highest BCUT2D eigenvalue weighted by atomic mass is 16.1. The van der Waals surface area contributed by atoms with Gasteiger partial charge < -0.3 is 16.4 Å². The fourth-order valence-corrected chi connectivity index (χ4v) is 1.20. The number of carbonyl (C=O) groups excluding carboxylic acids is 1. The zero-order valence-corrected chi connectivity index (χ0v) is 11.2. The molecule has 4 N–H and O–H groups in total. The number of nitrogens with two attached hydrogens (primary N) is 1. The van der Waals surface area contributed by atoms with Crippen molar-refractivity contribution in [1.29, 1.82) is 0 Å². The summed E-state index contributed by atoms with van der Waals surface area (Å²) in [7, 11) is 0. The number of hydrogen-bond acceptors (Lipinski definition) is 5. The van der Waals surface area contributed by atoms with Crippen LogP contribution in [0.25, 0.3) is 0 Å². The van der Waals surface area contributed by atoms with Crippen LogP contribution in [-0.2, 0) is 0 Å². The van der Waals surface area contributed by atoms with Crippen LogP contribution >= 0.6 is 0 Å². The SMILES string of the molecule is CCNC(=O)c1ccc(NCC(C)(C)CN)nn1. The Kier molecular flexibility index (Phi) is 5.03. The maximum Gasteiger partial charge on any atom is 0.271 e. The van der Waals surface area contributed by atoms with Crippen LogP contribution in [0.4, 0.5) is 5.82 Å². The van der Waals surface area contributed by atoms with Gasteiger partial charge >= 0.3 is 0 Å². The standard InChI is InChI=1S/C12H21N5O/c1-4-14-11(18)9-5-6-10(17-16-9)15-8-12(2,3)7-13/h5-6H,4,7-8,13H2,1-3H3,(H,14,18)(H,15,17). The van der Waals surface area contributed by atoms with Crippen molar-refractivity contribution in [1.82, 2.24) is 15.5 Å². The molecule has 0 aliphatic heterocycles. The molecule has 6 heteroatoms. The lowest BCUT2D eigenvalue weighted by molar-refractivity contribution is 0.0950. The van der Waals surface area contributed by atoms with Gasteiger partial charge in [-0.15, -0.1) is 10.2 Å². The number of nitrogens with zero attached hydrogens (tertiary/aromatic N) is 2. The highest BCUT2D eigenvalue weighted by Crippen LogP contribution is 2.13. The molecule has 0 spiro atoms. The molecule has 0 aliphatic carbocycles. The van der Waals surface area contributed by atoms with E-state index in [2.05, 4.69) is 34.7 Å². The van der Waals surface area contributed by atoms with Crippen molar-refractivity contribution in [2.75, 3.05) is 25.0 Å². The van der Waals surface area contributed by atoms with Gasteiger partial charge in [-0.1, -0.05) is 13.8 Å². The molecular weight excluding hydrogens is 230 g/mol. The Balaban J connectivity index is 2.58. The van der Waals surface area contributed by atoms with Crippen LogP contribution < -0.4 is 16.4 Å². The fourth-order valence-electron chi connectivity index (χ4n) is 1.20. The van der Waals surface area contributed by atoms with E-state index < -0.39 is 0 Å². The minimum Gasteiger partial charge on any atom is -0.368 e. The predicted octanol–water partition coefficient (Wildman–Crippen LogP) is 0.623. The Morgan fingerprint density at radius 3 is 2.61 bits per heavy atom. The van der Waals surface area contributed by atoms with E-state index in [1.165, 1.54) is 0 Å². The zero-order valence-electron chi connectivity index (χ0n) is 11.2. The molecule has 1 rings (SSSR count). The van der Waals surface area contributed by atoms with Gasteiger partial charge in [0.2, 0.25) is 0 Å². The van der Waals surface area contributed by atoms with Crippen LogP contribution in [0.5, 0.6) is 0 Å². The van der Waals surface area contributed by atoms with Crippen molar-refractivity contribution in [2.45, 2.75) is 20.8 Å². The van der Waals surface area contributed by atoms with Crippen molar-refractivity contribution in [3.05, 3.63) is 17.8 Å². The molecule has 18 heavy (non-hydrogen) atoms. The molecule has 0 atom stereocenters. The number of nitrogens with one attached hydrogen (secondary N) is 2. The lowest BCUT2D eigenvalue weighted by atomic mass is 9.94. The molecule has 1 aromatic heterocycles. The molecule has 1 aromatic rings. The summed E-state index contributed by atoms with van der Waals surface area (Å²) in [6, 6.07) is 3.39. The number of amides is 1. The fraction of sp³-hybridized carbons (Fsp3) is 0.583. The molecule has 0 unspecified atom stereocenters. The van der Waals surface area contributed by atoms with Crippen LogP contribution in [0.2, 0.25) is 0 Å². The molecule has 6 nitrogen and oxygen atoms in total. The summed E-state index contributed by atoms with van der Waals surface area (Å²) in [6.45, 7) is 7.86. The van der Waals surface area contributed by atoms with Gasteiger partial charge in [0.15, 0.2) is 5.69 Å². The smallest absolute Gasteiger partial charge is 0.271 e. The van der Waals surface area contributed by atoms with Crippen LogP contribution in [0, 0.1) is 5.41 Å². The second-order valence-corrected chi connectivity index (χ2v) is 4.89. The summed E-state index contributed by atoms with van der Waals surface area (Å²) < 4.78 is 0. The van der Waals surface area contributed by atoms with Gasteiger partial charge in [-0.25, -0.2) is 0 Å². The summed E-state index contributed by atoms with van der Waals surface area (Å²) in [4.78, 5) is 11.5. The first-order valence-corrected chi connectivity index (χ1v) is 6.04. The Labute approximate surface area is 107 Å². The van der Waals surface area contributed by atoms with E-state index in [9.17, 15) is 4.79 Å². The van der Waals surface area contributed by atoms with Gasteiger partial charge in [-0.2, -0.15) is 0 Å². The lowest BCUT2D eigenvalue weighted by Gasteiger charge is -2.22. The van der Waals surface area contributed by atoms with Crippen molar-refractivity contribution in [3.63, 3.8) is 0 Å². The summed E-state index contributed by atoms with van der Waals surface area (Å²) in [5.41, 5.74) is 5.96. The van der Waals surface area contributed by atoms with Crippen molar-refractivity contribution in [3.8, 4) is 0 Å². The molecular formula is C12H21N5O. The molecule has 0 fully saturated rings. The topological polar surface area (TPSA) is 92.9 Å². The minimum absolute atomic E-state index is 0.0000625. The maximum absolute atomic E-state index is 11.5. The Hall–Kier alpha value is -1.69. The van der Waals surface area contributed by atoms with Gasteiger partial charge in [0.25, 0.3) is 5.91 Å². The monoisotopic (exact) mass is 251 g/mol.